The molecule has 2 N–H and O–H groups in total. The third-order valence-electron chi connectivity index (χ3n) is 1.74. The van der Waals surface area contributed by atoms with Crippen molar-refractivity contribution >= 4 is 0 Å². The standard InChI is InChI=1S/C9H12FNO/c1-2-8-5-7(6-12-11)3-4-9(8)10/h3-5H,2,6,11H2,1H3. The zero-order valence-electron chi connectivity index (χ0n) is 7.01. The molecule has 0 unspecified atom stereocenters. The third-order valence-corrected chi connectivity index (χ3v) is 1.74. The number of aryl methyl sites for hydroxylation is 1. The summed E-state index contributed by atoms with van der Waals surface area (Å²) >= 11 is 0. The Hall–Kier alpha value is -0.930. The summed E-state index contributed by atoms with van der Waals surface area (Å²) in [6, 6.07) is 4.87. The van der Waals surface area contributed by atoms with Crippen LogP contribution in [0.25, 0.3) is 0 Å². The van der Waals surface area contributed by atoms with Gasteiger partial charge in [0.1, 0.15) is 5.82 Å². The Kier molecular flexibility index (Phi) is 3.19. The SMILES string of the molecule is CCc1cc(CON)ccc1F. The van der Waals surface area contributed by atoms with E-state index in [0.29, 0.717) is 18.6 Å². The van der Waals surface area contributed by atoms with Crippen molar-refractivity contribution < 1.29 is 9.23 Å². The van der Waals surface area contributed by atoms with Gasteiger partial charge in [-0.15, -0.1) is 0 Å². The van der Waals surface area contributed by atoms with Crippen LogP contribution in [0, 0.1) is 5.82 Å². The van der Waals surface area contributed by atoms with Crippen molar-refractivity contribution in [3.63, 3.8) is 0 Å². The summed E-state index contributed by atoms with van der Waals surface area (Å²) in [5, 5.41) is 0. The van der Waals surface area contributed by atoms with E-state index in [0.717, 1.165) is 5.56 Å². The molecule has 12 heavy (non-hydrogen) atoms. The molecule has 1 rings (SSSR count). The maximum Gasteiger partial charge on any atom is 0.126 e. The summed E-state index contributed by atoms with van der Waals surface area (Å²) in [6.45, 7) is 2.23. The topological polar surface area (TPSA) is 35.2 Å². The molecule has 0 radical (unpaired) electrons. The minimum absolute atomic E-state index is 0.168. The van der Waals surface area contributed by atoms with Gasteiger partial charge in [-0.2, -0.15) is 0 Å². The van der Waals surface area contributed by atoms with Crippen molar-refractivity contribution in [2.45, 2.75) is 20.0 Å². The molecule has 66 valence electrons. The van der Waals surface area contributed by atoms with E-state index in [2.05, 4.69) is 4.84 Å². The summed E-state index contributed by atoms with van der Waals surface area (Å²) in [5.74, 6) is 4.73. The van der Waals surface area contributed by atoms with Gasteiger partial charge in [-0.25, -0.2) is 10.3 Å². The van der Waals surface area contributed by atoms with Crippen molar-refractivity contribution in [1.29, 1.82) is 0 Å². The fourth-order valence-electron chi connectivity index (χ4n) is 1.09. The fourth-order valence-corrected chi connectivity index (χ4v) is 1.09. The predicted octanol–water partition coefficient (Wildman–Crippen LogP) is 1.78. The molecule has 0 bridgehead atoms. The van der Waals surface area contributed by atoms with Crippen molar-refractivity contribution in [3.05, 3.63) is 35.1 Å². The zero-order valence-corrected chi connectivity index (χ0v) is 7.01. The largest absolute Gasteiger partial charge is 0.300 e. The highest BCUT2D eigenvalue weighted by atomic mass is 19.1. The van der Waals surface area contributed by atoms with Crippen molar-refractivity contribution in [1.82, 2.24) is 0 Å². The van der Waals surface area contributed by atoms with E-state index >= 15 is 0 Å². The summed E-state index contributed by atoms with van der Waals surface area (Å²) in [7, 11) is 0. The molecule has 0 aliphatic carbocycles. The van der Waals surface area contributed by atoms with Crippen LogP contribution in [-0.2, 0) is 17.9 Å². The van der Waals surface area contributed by atoms with E-state index in [9.17, 15) is 4.39 Å². The molecule has 0 aliphatic heterocycles. The van der Waals surface area contributed by atoms with Gasteiger partial charge in [-0.1, -0.05) is 19.1 Å². The van der Waals surface area contributed by atoms with E-state index in [-0.39, 0.29) is 5.82 Å². The van der Waals surface area contributed by atoms with Crippen molar-refractivity contribution in [2.75, 3.05) is 0 Å². The molecule has 2 nitrogen and oxygen atoms in total. The summed E-state index contributed by atoms with van der Waals surface area (Å²) < 4.78 is 12.9. The van der Waals surface area contributed by atoms with Crippen LogP contribution >= 0.6 is 0 Å². The van der Waals surface area contributed by atoms with Crippen molar-refractivity contribution in [3.8, 4) is 0 Å². The number of hydrogen-bond donors (Lipinski definition) is 1. The summed E-state index contributed by atoms with van der Waals surface area (Å²) in [6.07, 6.45) is 0.685. The van der Waals surface area contributed by atoms with Crippen LogP contribution in [0.5, 0.6) is 0 Å². The van der Waals surface area contributed by atoms with Crippen LogP contribution in [0.3, 0.4) is 0 Å². The number of nitrogens with two attached hydrogens (primary N) is 1. The molecule has 0 aliphatic rings. The molecular weight excluding hydrogens is 157 g/mol. The molecule has 0 saturated carbocycles. The van der Waals surface area contributed by atoms with E-state index < -0.39 is 0 Å². The van der Waals surface area contributed by atoms with Gasteiger partial charge in [-0.3, -0.25) is 4.84 Å². The maximum atomic E-state index is 12.9. The number of hydrogen-bond acceptors (Lipinski definition) is 2. The second kappa shape index (κ2) is 4.18. The minimum Gasteiger partial charge on any atom is -0.300 e. The van der Waals surface area contributed by atoms with E-state index in [4.69, 9.17) is 5.90 Å². The Bertz CT molecular complexity index is 263. The van der Waals surface area contributed by atoms with Gasteiger partial charge in [0.2, 0.25) is 0 Å². The van der Waals surface area contributed by atoms with Crippen LogP contribution in [0.15, 0.2) is 18.2 Å². The monoisotopic (exact) mass is 169 g/mol. The van der Waals surface area contributed by atoms with Crippen LogP contribution in [-0.4, -0.2) is 0 Å². The van der Waals surface area contributed by atoms with Crippen molar-refractivity contribution in [2.24, 2.45) is 5.90 Å². The molecule has 0 saturated heterocycles. The Morgan fingerprint density at radius 2 is 2.25 bits per heavy atom. The van der Waals surface area contributed by atoms with Crippen LogP contribution in [0.4, 0.5) is 4.39 Å². The second-order valence-corrected chi connectivity index (χ2v) is 2.59. The molecular formula is C9H12FNO. The fraction of sp³-hybridized carbons (Fsp3) is 0.333. The van der Waals surface area contributed by atoms with E-state index in [1.54, 1.807) is 12.1 Å². The second-order valence-electron chi connectivity index (χ2n) is 2.59. The van der Waals surface area contributed by atoms with Gasteiger partial charge >= 0.3 is 0 Å². The van der Waals surface area contributed by atoms with Crippen LogP contribution < -0.4 is 5.90 Å². The Morgan fingerprint density at radius 1 is 1.50 bits per heavy atom. The molecule has 0 fully saturated rings. The number of rotatable bonds is 3. The normalized spacial score (nSPS) is 10.2. The first-order valence-corrected chi connectivity index (χ1v) is 3.87. The Balaban J connectivity index is 2.89. The molecule has 0 aromatic heterocycles. The minimum atomic E-state index is -0.168. The average Bonchev–Trinajstić information content (AvgIpc) is 2.09. The lowest BCUT2D eigenvalue weighted by Gasteiger charge is -2.02. The van der Waals surface area contributed by atoms with Crippen LogP contribution in [0.2, 0.25) is 0 Å². The maximum absolute atomic E-state index is 12.9. The highest BCUT2D eigenvalue weighted by Crippen LogP contribution is 2.11. The molecule has 1 aromatic rings. The number of benzene rings is 1. The third kappa shape index (κ3) is 2.03. The van der Waals surface area contributed by atoms with E-state index in [1.807, 2.05) is 6.92 Å². The van der Waals surface area contributed by atoms with Gasteiger partial charge in [0.25, 0.3) is 0 Å². The Morgan fingerprint density at radius 3 is 2.83 bits per heavy atom. The first kappa shape index (κ1) is 9.16. The lowest BCUT2D eigenvalue weighted by Crippen LogP contribution is -2.00. The summed E-state index contributed by atoms with van der Waals surface area (Å²) in [4.78, 5) is 4.44. The molecule has 1 aromatic carbocycles. The van der Waals surface area contributed by atoms with Gasteiger partial charge < -0.3 is 0 Å². The quantitative estimate of drug-likeness (QED) is 0.700. The summed E-state index contributed by atoms with van der Waals surface area (Å²) in [5.41, 5.74) is 1.60. The van der Waals surface area contributed by atoms with Gasteiger partial charge in [0.05, 0.1) is 6.61 Å². The van der Waals surface area contributed by atoms with E-state index in [1.165, 1.54) is 6.07 Å². The number of halogens is 1. The molecule has 0 heterocycles. The van der Waals surface area contributed by atoms with Gasteiger partial charge in [0.15, 0.2) is 0 Å². The molecule has 0 amide bonds. The Labute approximate surface area is 71.1 Å². The van der Waals surface area contributed by atoms with Gasteiger partial charge in [0, 0.05) is 0 Å². The molecule has 0 spiro atoms. The lowest BCUT2D eigenvalue weighted by molar-refractivity contribution is 0.124. The highest BCUT2D eigenvalue weighted by molar-refractivity contribution is 5.24. The van der Waals surface area contributed by atoms with Gasteiger partial charge in [-0.05, 0) is 23.6 Å². The highest BCUT2D eigenvalue weighted by Gasteiger charge is 2.00. The lowest BCUT2D eigenvalue weighted by atomic mass is 10.1. The molecule has 0 atom stereocenters. The first-order chi connectivity index (χ1) is 5.77. The zero-order chi connectivity index (χ0) is 8.97. The smallest absolute Gasteiger partial charge is 0.126 e. The average molecular weight is 169 g/mol. The first-order valence-electron chi connectivity index (χ1n) is 3.87. The molecule has 3 heteroatoms. The predicted molar refractivity (Wildman–Crippen MR) is 44.8 cm³/mol. The van der Waals surface area contributed by atoms with Crippen LogP contribution in [0.1, 0.15) is 18.1 Å².